The fraction of sp³-hybridized carbons (Fsp3) is 0.333. The molecule has 1 aromatic carbocycles. The molecule has 1 aliphatic rings. The third-order valence-electron chi connectivity index (χ3n) is 3.80. The first kappa shape index (κ1) is 11.8. The molecule has 0 fully saturated rings. The summed E-state index contributed by atoms with van der Waals surface area (Å²) in [4.78, 5) is 0. The van der Waals surface area contributed by atoms with E-state index in [0.717, 1.165) is 47.5 Å². The number of hydrogen-bond acceptors (Lipinski definition) is 4. The normalized spacial score (nSPS) is 17.6. The summed E-state index contributed by atoms with van der Waals surface area (Å²) in [6.07, 6.45) is 2.81. The van der Waals surface area contributed by atoms with Crippen LogP contribution in [0.25, 0.3) is 0 Å². The fourth-order valence-electron chi connectivity index (χ4n) is 2.83. The van der Waals surface area contributed by atoms with Gasteiger partial charge >= 0.3 is 0 Å². The SMILES string of the molecule is CNc1onc2c1CC(c1ccccc1C#N)CC2. The Morgan fingerprint density at radius 1 is 1.42 bits per heavy atom. The Morgan fingerprint density at radius 2 is 2.26 bits per heavy atom. The minimum Gasteiger partial charge on any atom is -0.357 e. The number of fused-ring (bicyclic) bond motifs is 1. The van der Waals surface area contributed by atoms with Crippen molar-refractivity contribution >= 4 is 5.88 Å². The molecule has 0 amide bonds. The van der Waals surface area contributed by atoms with Crippen LogP contribution in [0.3, 0.4) is 0 Å². The van der Waals surface area contributed by atoms with Crippen LogP contribution in [0.1, 0.15) is 34.7 Å². The second kappa shape index (κ2) is 4.77. The average Bonchev–Trinajstić information content (AvgIpc) is 2.89. The van der Waals surface area contributed by atoms with Crippen LogP contribution in [-0.4, -0.2) is 12.2 Å². The van der Waals surface area contributed by atoms with Crippen molar-refractivity contribution in [2.45, 2.75) is 25.2 Å². The zero-order valence-corrected chi connectivity index (χ0v) is 10.8. The zero-order chi connectivity index (χ0) is 13.2. The number of nitrogens with zero attached hydrogens (tertiary/aromatic N) is 2. The lowest BCUT2D eigenvalue weighted by atomic mass is 9.81. The van der Waals surface area contributed by atoms with Crippen molar-refractivity contribution in [1.82, 2.24) is 5.16 Å². The number of benzene rings is 1. The summed E-state index contributed by atoms with van der Waals surface area (Å²) < 4.78 is 5.28. The van der Waals surface area contributed by atoms with Gasteiger partial charge in [0.1, 0.15) is 0 Å². The third-order valence-corrected chi connectivity index (χ3v) is 3.80. The molecule has 2 aromatic rings. The summed E-state index contributed by atoms with van der Waals surface area (Å²) in [5.41, 5.74) is 4.12. The largest absolute Gasteiger partial charge is 0.357 e. The van der Waals surface area contributed by atoms with Gasteiger partial charge in [0.25, 0.3) is 0 Å². The Bertz CT molecular complexity index is 626. The van der Waals surface area contributed by atoms with Crippen molar-refractivity contribution < 1.29 is 4.52 Å². The monoisotopic (exact) mass is 253 g/mol. The molecule has 3 rings (SSSR count). The number of rotatable bonds is 2. The molecule has 1 aromatic heterocycles. The number of hydrogen-bond donors (Lipinski definition) is 1. The number of aryl methyl sites for hydroxylation is 1. The molecule has 19 heavy (non-hydrogen) atoms. The molecule has 0 saturated carbocycles. The van der Waals surface area contributed by atoms with Crippen LogP contribution in [0.2, 0.25) is 0 Å². The Hall–Kier alpha value is -2.28. The van der Waals surface area contributed by atoms with Gasteiger partial charge in [-0.25, -0.2) is 0 Å². The molecule has 0 bridgehead atoms. The van der Waals surface area contributed by atoms with Gasteiger partial charge in [0.2, 0.25) is 5.88 Å². The van der Waals surface area contributed by atoms with E-state index in [0.29, 0.717) is 5.92 Å². The molecule has 0 radical (unpaired) electrons. The highest BCUT2D eigenvalue weighted by molar-refractivity contribution is 5.48. The third kappa shape index (κ3) is 1.97. The van der Waals surface area contributed by atoms with Gasteiger partial charge in [-0.15, -0.1) is 0 Å². The van der Waals surface area contributed by atoms with E-state index in [9.17, 15) is 5.26 Å². The first-order chi connectivity index (χ1) is 9.33. The van der Waals surface area contributed by atoms with E-state index in [1.165, 1.54) is 0 Å². The van der Waals surface area contributed by atoms with Gasteiger partial charge in [-0.2, -0.15) is 5.26 Å². The fourth-order valence-corrected chi connectivity index (χ4v) is 2.83. The lowest BCUT2D eigenvalue weighted by molar-refractivity contribution is 0.424. The van der Waals surface area contributed by atoms with Gasteiger partial charge < -0.3 is 9.84 Å². The van der Waals surface area contributed by atoms with E-state index >= 15 is 0 Å². The maximum Gasteiger partial charge on any atom is 0.227 e. The molecule has 1 heterocycles. The predicted octanol–water partition coefficient (Wildman–Crippen LogP) is 2.86. The molecular weight excluding hydrogens is 238 g/mol. The van der Waals surface area contributed by atoms with E-state index in [1.807, 2.05) is 25.2 Å². The predicted molar refractivity (Wildman–Crippen MR) is 72.0 cm³/mol. The number of nitrogens with one attached hydrogen (secondary N) is 1. The van der Waals surface area contributed by atoms with Gasteiger partial charge in [-0.3, -0.25) is 0 Å². The van der Waals surface area contributed by atoms with Gasteiger partial charge in [-0.05, 0) is 36.8 Å². The van der Waals surface area contributed by atoms with Crippen LogP contribution in [0.5, 0.6) is 0 Å². The highest BCUT2D eigenvalue weighted by Crippen LogP contribution is 2.36. The van der Waals surface area contributed by atoms with Crippen LogP contribution >= 0.6 is 0 Å². The molecule has 1 atom stereocenters. The topological polar surface area (TPSA) is 61.9 Å². The summed E-state index contributed by atoms with van der Waals surface area (Å²) in [7, 11) is 1.84. The molecule has 0 spiro atoms. The molecule has 4 heteroatoms. The van der Waals surface area contributed by atoms with E-state index in [-0.39, 0.29) is 0 Å². The molecule has 1 N–H and O–H groups in total. The number of anilines is 1. The Kier molecular flexibility index (Phi) is 2.96. The summed E-state index contributed by atoms with van der Waals surface area (Å²) in [5.74, 6) is 1.13. The lowest BCUT2D eigenvalue weighted by Gasteiger charge is -2.22. The van der Waals surface area contributed by atoms with Gasteiger partial charge in [0, 0.05) is 12.6 Å². The zero-order valence-electron chi connectivity index (χ0n) is 10.8. The van der Waals surface area contributed by atoms with E-state index in [2.05, 4.69) is 22.6 Å². The summed E-state index contributed by atoms with van der Waals surface area (Å²) in [5, 5.41) is 16.3. The minimum absolute atomic E-state index is 0.370. The highest BCUT2D eigenvalue weighted by Gasteiger charge is 2.27. The summed E-state index contributed by atoms with van der Waals surface area (Å²) in [6.45, 7) is 0. The maximum absolute atomic E-state index is 9.21. The summed E-state index contributed by atoms with van der Waals surface area (Å²) >= 11 is 0. The maximum atomic E-state index is 9.21. The van der Waals surface area contributed by atoms with Crippen LogP contribution < -0.4 is 5.32 Å². The minimum atomic E-state index is 0.370. The average molecular weight is 253 g/mol. The van der Waals surface area contributed by atoms with Crippen molar-refractivity contribution in [3.63, 3.8) is 0 Å². The Labute approximate surface area is 112 Å². The van der Waals surface area contributed by atoms with Crippen molar-refractivity contribution in [3.05, 3.63) is 46.6 Å². The molecule has 0 saturated heterocycles. The quantitative estimate of drug-likeness (QED) is 0.894. The molecule has 0 aliphatic heterocycles. The van der Waals surface area contributed by atoms with Crippen LogP contribution in [-0.2, 0) is 12.8 Å². The molecular formula is C15H15N3O. The smallest absolute Gasteiger partial charge is 0.227 e. The van der Waals surface area contributed by atoms with Crippen molar-refractivity contribution in [1.29, 1.82) is 5.26 Å². The standard InChI is InChI=1S/C15H15N3O/c1-17-15-13-8-10(6-7-14(13)18-19-15)12-5-3-2-4-11(12)9-16/h2-5,10,17H,6-8H2,1H3. The second-order valence-electron chi connectivity index (χ2n) is 4.83. The van der Waals surface area contributed by atoms with Crippen LogP contribution in [0.4, 0.5) is 5.88 Å². The molecule has 1 unspecified atom stereocenters. The Balaban J connectivity index is 1.95. The van der Waals surface area contributed by atoms with Gasteiger partial charge in [0.15, 0.2) is 0 Å². The van der Waals surface area contributed by atoms with Crippen molar-refractivity contribution in [2.24, 2.45) is 0 Å². The van der Waals surface area contributed by atoms with E-state index in [1.54, 1.807) is 0 Å². The van der Waals surface area contributed by atoms with Crippen molar-refractivity contribution in [2.75, 3.05) is 12.4 Å². The first-order valence-electron chi connectivity index (χ1n) is 6.47. The summed E-state index contributed by atoms with van der Waals surface area (Å²) in [6, 6.07) is 10.1. The highest BCUT2D eigenvalue weighted by atomic mass is 16.5. The van der Waals surface area contributed by atoms with Crippen LogP contribution in [0.15, 0.2) is 28.8 Å². The van der Waals surface area contributed by atoms with E-state index < -0.39 is 0 Å². The van der Waals surface area contributed by atoms with Crippen LogP contribution in [0, 0.1) is 11.3 Å². The second-order valence-corrected chi connectivity index (χ2v) is 4.83. The Morgan fingerprint density at radius 3 is 3.05 bits per heavy atom. The lowest BCUT2D eigenvalue weighted by Crippen LogP contribution is -2.14. The number of nitriles is 1. The van der Waals surface area contributed by atoms with Gasteiger partial charge in [0.05, 0.1) is 17.3 Å². The van der Waals surface area contributed by atoms with Gasteiger partial charge in [-0.1, -0.05) is 23.4 Å². The van der Waals surface area contributed by atoms with Crippen molar-refractivity contribution in [3.8, 4) is 6.07 Å². The first-order valence-corrected chi connectivity index (χ1v) is 6.47. The van der Waals surface area contributed by atoms with E-state index in [4.69, 9.17) is 4.52 Å². The molecule has 96 valence electrons. The number of aromatic nitrogens is 1. The molecule has 1 aliphatic carbocycles. The molecule has 4 nitrogen and oxygen atoms in total.